The summed E-state index contributed by atoms with van der Waals surface area (Å²) in [4.78, 5) is 53.9. The van der Waals surface area contributed by atoms with Gasteiger partial charge in [-0.05, 0) is 116 Å². The molecule has 17 nitrogen and oxygen atoms in total. The second-order valence-electron chi connectivity index (χ2n) is 21.7. The van der Waals surface area contributed by atoms with E-state index in [-0.39, 0.29) is 65.6 Å². The number of aliphatic hydroxyl groups is 1. The maximum atomic E-state index is 17.1. The smallest absolute Gasteiger partial charge is 0.319 e. The van der Waals surface area contributed by atoms with Gasteiger partial charge in [-0.3, -0.25) is 19.5 Å². The molecule has 2 amide bonds. The van der Waals surface area contributed by atoms with Crippen molar-refractivity contribution in [3.05, 3.63) is 101 Å². The standard InChI is InChI=1S/C58H67FN10O7S/c1-6-36-8-7-9-39-22-42(70)23-44(50(36)39)52-51(59)53-45(26-60-52)55(68-27-40-14-15-41(28-68)63-40)65-58(64-53)74-21-20-67-18-16-35(17-19-67)30-75-48-25-47(76-66-48)49(32(2)3)57(73)69-29-43(71)24-46(69)56(72)62-33(4)37-10-12-38(13-11-37)54-34(5)61-31-77-54/h7-13,22-23,25-26,31-33,35,40-41,43,46,49,63,70-71H,6,14-21,24,27-30H2,1-5H3,(H,62,72)/t33?,40?,41?,43-,46+,49?/m1/s1. The Balaban J connectivity index is 0.700. The van der Waals surface area contributed by atoms with E-state index in [1.807, 2.05) is 75.7 Å². The molecule has 4 saturated heterocycles. The first-order chi connectivity index (χ1) is 37.3. The Morgan fingerprint density at radius 3 is 2.48 bits per heavy atom. The molecule has 0 saturated carbocycles. The first-order valence-corrected chi connectivity index (χ1v) is 28.0. The maximum absolute atomic E-state index is 17.1. The number of piperazine rings is 1. The molecule has 0 radical (unpaired) electrons. The molecule has 4 unspecified atom stereocenters. The third-order valence-electron chi connectivity index (χ3n) is 16.0. The van der Waals surface area contributed by atoms with Gasteiger partial charge in [0, 0.05) is 62.5 Å². The first-order valence-electron chi connectivity index (χ1n) is 27.1. The fourth-order valence-corrected chi connectivity index (χ4v) is 12.7. The van der Waals surface area contributed by atoms with Gasteiger partial charge in [0.25, 0.3) is 5.88 Å². The Hall–Kier alpha value is -6.80. The van der Waals surface area contributed by atoms with Crippen LogP contribution in [0.15, 0.2) is 76.9 Å². The number of carbonyl (C=O) groups is 2. The number of likely N-dealkylation sites (tertiary alicyclic amines) is 2. The lowest BCUT2D eigenvalue weighted by atomic mass is 9.91. The second-order valence-corrected chi connectivity index (χ2v) is 22.5. The number of hydrogen-bond acceptors (Lipinski definition) is 16. The van der Waals surface area contributed by atoms with Crippen molar-refractivity contribution in [1.29, 1.82) is 0 Å². The van der Waals surface area contributed by atoms with E-state index in [1.165, 1.54) is 4.90 Å². The Morgan fingerprint density at radius 2 is 1.75 bits per heavy atom. The summed E-state index contributed by atoms with van der Waals surface area (Å²) in [7, 11) is 0. The number of halogens is 1. The summed E-state index contributed by atoms with van der Waals surface area (Å²) in [5, 5.41) is 34.7. The molecule has 2 bridgehead atoms. The SMILES string of the molecule is CCc1cccc2cc(O)cc(-c3ncc4c(N5CC6CCC(C5)N6)nc(OCCN5CCC(COc6cc(C(C(=O)N7C[C@H](O)C[C@H]7C(=O)NC(C)c7ccc(-c8scnc8C)cc7)C(C)C)on6)CC5)nc4c3F)c12. The van der Waals surface area contributed by atoms with Crippen molar-refractivity contribution in [3.8, 4) is 39.3 Å². The number of aryl methyl sites for hydroxylation is 2. The van der Waals surface area contributed by atoms with E-state index in [0.29, 0.717) is 60.2 Å². The van der Waals surface area contributed by atoms with E-state index in [4.69, 9.17) is 28.9 Å². The third kappa shape index (κ3) is 10.9. The average Bonchev–Trinajstić information content (AvgIpc) is 4.26. The number of anilines is 1. The highest BCUT2D eigenvalue weighted by atomic mass is 32.1. The molecule has 3 aromatic carbocycles. The van der Waals surface area contributed by atoms with E-state index in [1.54, 1.807) is 35.7 Å². The molecular weight excluding hydrogens is 1000 g/mol. The van der Waals surface area contributed by atoms with Crippen molar-refractivity contribution >= 4 is 50.6 Å². The van der Waals surface area contributed by atoms with Gasteiger partial charge >= 0.3 is 6.01 Å². The largest absolute Gasteiger partial charge is 0.508 e. The zero-order valence-corrected chi connectivity index (χ0v) is 45.1. The van der Waals surface area contributed by atoms with Crippen LogP contribution < -0.4 is 25.0 Å². The van der Waals surface area contributed by atoms with Gasteiger partial charge in [0.05, 0.1) is 40.2 Å². The fourth-order valence-electron chi connectivity index (χ4n) is 11.9. The summed E-state index contributed by atoms with van der Waals surface area (Å²) in [5.74, 6) is -0.644. The van der Waals surface area contributed by atoms with Crippen LogP contribution >= 0.6 is 11.3 Å². The number of aromatic hydroxyl groups is 1. The van der Waals surface area contributed by atoms with Crippen LogP contribution in [0.5, 0.6) is 17.6 Å². The van der Waals surface area contributed by atoms with E-state index in [2.05, 4.69) is 37.5 Å². The Kier molecular flexibility index (Phi) is 15.1. The Labute approximate surface area is 451 Å². The van der Waals surface area contributed by atoms with Gasteiger partial charge in [-0.25, -0.2) is 9.37 Å². The molecule has 19 heteroatoms. The number of pyridine rings is 1. The van der Waals surface area contributed by atoms with E-state index in [9.17, 15) is 19.8 Å². The molecule has 11 rings (SSSR count). The van der Waals surface area contributed by atoms with Gasteiger partial charge in [-0.2, -0.15) is 9.97 Å². The number of carbonyl (C=O) groups excluding carboxylic acids is 2. The lowest BCUT2D eigenvalue weighted by molar-refractivity contribution is -0.141. The van der Waals surface area contributed by atoms with Crippen LogP contribution in [0.2, 0.25) is 0 Å². The number of nitrogens with zero attached hydrogens (tertiary/aromatic N) is 8. The predicted octanol–water partition coefficient (Wildman–Crippen LogP) is 8.36. The van der Waals surface area contributed by atoms with Crippen molar-refractivity contribution < 1.29 is 38.2 Å². The fraction of sp³-hybridized carbons (Fsp3) is 0.466. The van der Waals surface area contributed by atoms with Gasteiger partial charge in [-0.1, -0.05) is 63.2 Å². The number of nitrogens with one attached hydrogen (secondary N) is 2. The predicted molar refractivity (Wildman–Crippen MR) is 293 cm³/mol. The van der Waals surface area contributed by atoms with E-state index < -0.39 is 23.9 Å². The maximum Gasteiger partial charge on any atom is 0.319 e. The lowest BCUT2D eigenvalue weighted by Gasteiger charge is -2.34. The van der Waals surface area contributed by atoms with Crippen LogP contribution in [0.3, 0.4) is 0 Å². The molecule has 404 valence electrons. The molecule has 0 spiro atoms. The van der Waals surface area contributed by atoms with Gasteiger partial charge in [0.15, 0.2) is 11.6 Å². The summed E-state index contributed by atoms with van der Waals surface area (Å²) in [6.45, 7) is 14.3. The molecule has 4 N–H and O–H groups in total. The summed E-state index contributed by atoms with van der Waals surface area (Å²) in [6.07, 6.45) is 5.58. The van der Waals surface area contributed by atoms with Crippen molar-refractivity contribution in [2.24, 2.45) is 11.8 Å². The molecule has 6 atom stereocenters. The van der Waals surface area contributed by atoms with Gasteiger partial charge < -0.3 is 44.6 Å². The van der Waals surface area contributed by atoms with Crippen molar-refractivity contribution in [1.82, 2.24) is 45.5 Å². The van der Waals surface area contributed by atoms with Crippen LogP contribution in [0.1, 0.15) is 94.3 Å². The Morgan fingerprint density at radius 1 is 0.974 bits per heavy atom. The molecule has 77 heavy (non-hydrogen) atoms. The minimum Gasteiger partial charge on any atom is -0.508 e. The molecule has 0 aliphatic carbocycles. The summed E-state index contributed by atoms with van der Waals surface area (Å²) < 4.78 is 35.4. The average molecular weight is 1070 g/mol. The number of thiazole rings is 1. The summed E-state index contributed by atoms with van der Waals surface area (Å²) in [6, 6.07) is 18.4. The zero-order chi connectivity index (χ0) is 53.5. The molecular formula is C58H67FN10O7S. The second kappa shape index (κ2) is 22.3. The van der Waals surface area contributed by atoms with Gasteiger partial charge in [0.1, 0.15) is 41.3 Å². The minimum atomic E-state index is -0.849. The first kappa shape index (κ1) is 52.3. The number of fused-ring (bicyclic) bond motifs is 4. The highest BCUT2D eigenvalue weighted by Gasteiger charge is 2.44. The number of phenolic OH excluding ortho intramolecular Hbond substituents is 1. The molecule has 4 aromatic heterocycles. The van der Waals surface area contributed by atoms with Crippen LogP contribution in [0.25, 0.3) is 43.4 Å². The van der Waals surface area contributed by atoms with Crippen molar-refractivity contribution in [3.63, 3.8) is 0 Å². The zero-order valence-electron chi connectivity index (χ0n) is 44.2. The molecule has 7 aromatic rings. The van der Waals surface area contributed by atoms with Crippen molar-refractivity contribution in [2.75, 3.05) is 57.4 Å². The van der Waals surface area contributed by atoms with Crippen LogP contribution in [-0.2, 0) is 16.0 Å². The van der Waals surface area contributed by atoms with Gasteiger partial charge in [0.2, 0.25) is 11.8 Å². The van der Waals surface area contributed by atoms with Crippen LogP contribution in [-0.4, -0.2) is 134 Å². The molecule has 4 aliphatic rings. The number of hydrogen-bond donors (Lipinski definition) is 4. The quantitative estimate of drug-likeness (QED) is 0.0677. The topological polar surface area (TPSA) is 204 Å². The number of amides is 2. The van der Waals surface area contributed by atoms with Crippen LogP contribution in [0, 0.1) is 24.6 Å². The number of aromatic nitrogens is 5. The lowest BCUT2D eigenvalue weighted by Crippen LogP contribution is -2.51. The van der Waals surface area contributed by atoms with Crippen LogP contribution in [0.4, 0.5) is 10.2 Å². The number of phenols is 1. The van der Waals surface area contributed by atoms with Crippen molar-refractivity contribution in [2.45, 2.75) is 109 Å². The normalized spacial score (nSPS) is 20.8. The summed E-state index contributed by atoms with van der Waals surface area (Å²) in [5.41, 5.74) is 6.56. The monoisotopic (exact) mass is 1070 g/mol. The highest BCUT2D eigenvalue weighted by Crippen LogP contribution is 2.40. The van der Waals surface area contributed by atoms with E-state index in [0.717, 1.165) is 96.3 Å². The Bertz CT molecular complexity index is 3260. The highest BCUT2D eigenvalue weighted by molar-refractivity contribution is 7.13. The number of ether oxygens (including phenoxy) is 2. The molecule has 4 aliphatic heterocycles. The number of β-amino-alcohol motifs (C(OH)–C–C–N with tert-alkyl or cyclic N) is 1. The number of aliphatic hydroxyl groups excluding tert-OH is 1. The molecule has 4 fully saturated rings. The summed E-state index contributed by atoms with van der Waals surface area (Å²) >= 11 is 1.59. The van der Waals surface area contributed by atoms with Gasteiger partial charge in [-0.15, -0.1) is 11.3 Å². The number of rotatable bonds is 17. The third-order valence-corrected chi connectivity index (χ3v) is 17.0. The minimum absolute atomic E-state index is 0.0307. The van der Waals surface area contributed by atoms with E-state index >= 15 is 4.39 Å². The number of benzene rings is 3. The number of piperidine rings is 1. The molecule has 8 heterocycles.